The highest BCUT2D eigenvalue weighted by molar-refractivity contribution is 6.30. The molecule has 0 unspecified atom stereocenters. The molecule has 2 atom stereocenters. The molecule has 1 aromatic heterocycles. The average Bonchev–Trinajstić information content (AvgIpc) is 3.53. The fraction of sp³-hybridized carbons (Fsp3) is 0.654. The summed E-state index contributed by atoms with van der Waals surface area (Å²) in [6.07, 6.45) is 5.47. The maximum absolute atomic E-state index is 12.8. The molecular formula is C26H37ClN6O2. The monoisotopic (exact) mass is 500 g/mol. The van der Waals surface area contributed by atoms with Crippen LogP contribution in [0.3, 0.4) is 0 Å². The second kappa shape index (κ2) is 11.3. The van der Waals surface area contributed by atoms with E-state index in [0.717, 1.165) is 50.5 Å². The molecule has 3 fully saturated rings. The first-order chi connectivity index (χ1) is 17.0. The van der Waals surface area contributed by atoms with E-state index in [1.54, 1.807) is 0 Å². The van der Waals surface area contributed by atoms with Crippen LogP contribution in [-0.2, 0) is 4.79 Å². The van der Waals surface area contributed by atoms with Crippen molar-refractivity contribution in [1.82, 2.24) is 25.3 Å². The molecule has 8 nitrogen and oxygen atoms in total. The maximum atomic E-state index is 12.8. The number of aromatic nitrogens is 2. The number of halogens is 1. The summed E-state index contributed by atoms with van der Waals surface area (Å²) in [5, 5.41) is 8.04. The molecule has 190 valence electrons. The SMILES string of the molecule is CN1CCC[C@@H](CN2CC[C@@H](CNC(=O)C3CCN(c4nc(-c5ccc(Cl)cc5)no4)CC3)C2)C1. The van der Waals surface area contributed by atoms with E-state index in [2.05, 4.69) is 37.2 Å². The van der Waals surface area contributed by atoms with E-state index in [4.69, 9.17) is 16.1 Å². The van der Waals surface area contributed by atoms with E-state index in [9.17, 15) is 4.79 Å². The quantitative estimate of drug-likeness (QED) is 0.624. The van der Waals surface area contributed by atoms with Gasteiger partial charge in [0, 0.05) is 55.8 Å². The summed E-state index contributed by atoms with van der Waals surface area (Å²) < 4.78 is 5.49. The van der Waals surface area contributed by atoms with Crippen molar-refractivity contribution < 1.29 is 9.32 Å². The van der Waals surface area contributed by atoms with Crippen molar-refractivity contribution in [3.05, 3.63) is 29.3 Å². The topological polar surface area (TPSA) is 77.7 Å². The Kier molecular flexibility index (Phi) is 7.90. The lowest BCUT2D eigenvalue weighted by Crippen LogP contribution is -2.42. The van der Waals surface area contributed by atoms with E-state index in [1.807, 2.05) is 24.3 Å². The van der Waals surface area contributed by atoms with Gasteiger partial charge in [0.2, 0.25) is 11.7 Å². The Morgan fingerprint density at radius 3 is 2.63 bits per heavy atom. The minimum atomic E-state index is 0.0557. The van der Waals surface area contributed by atoms with Gasteiger partial charge in [0.05, 0.1) is 0 Å². The van der Waals surface area contributed by atoms with Gasteiger partial charge < -0.3 is 24.5 Å². The second-order valence-corrected chi connectivity index (χ2v) is 11.0. The van der Waals surface area contributed by atoms with E-state index < -0.39 is 0 Å². The molecule has 0 spiro atoms. The van der Waals surface area contributed by atoms with Gasteiger partial charge in [0.1, 0.15) is 0 Å². The highest BCUT2D eigenvalue weighted by Crippen LogP contribution is 2.26. The van der Waals surface area contributed by atoms with E-state index in [1.165, 1.54) is 45.4 Å². The summed E-state index contributed by atoms with van der Waals surface area (Å²) in [5.41, 5.74) is 0.871. The van der Waals surface area contributed by atoms with Gasteiger partial charge in [0.25, 0.3) is 0 Å². The van der Waals surface area contributed by atoms with Gasteiger partial charge in [-0.1, -0.05) is 16.8 Å². The number of hydrogen-bond acceptors (Lipinski definition) is 7. The Morgan fingerprint density at radius 1 is 1.06 bits per heavy atom. The molecule has 1 aromatic carbocycles. The molecule has 1 N–H and O–H groups in total. The van der Waals surface area contributed by atoms with Crippen LogP contribution < -0.4 is 10.2 Å². The van der Waals surface area contributed by atoms with Crippen molar-refractivity contribution in [3.8, 4) is 11.4 Å². The van der Waals surface area contributed by atoms with Crippen LogP contribution in [0.4, 0.5) is 6.01 Å². The fourth-order valence-electron chi connectivity index (χ4n) is 5.82. The van der Waals surface area contributed by atoms with Crippen LogP contribution in [0.5, 0.6) is 0 Å². The van der Waals surface area contributed by atoms with Gasteiger partial charge in [0.15, 0.2) is 0 Å². The Morgan fingerprint density at radius 2 is 1.86 bits per heavy atom. The number of carbonyl (C=O) groups is 1. The van der Waals surface area contributed by atoms with E-state index >= 15 is 0 Å². The Balaban J connectivity index is 1.03. The highest BCUT2D eigenvalue weighted by Gasteiger charge is 2.30. The van der Waals surface area contributed by atoms with Crippen LogP contribution in [0.2, 0.25) is 5.02 Å². The third-order valence-corrected chi connectivity index (χ3v) is 8.08. The van der Waals surface area contributed by atoms with Crippen LogP contribution in [0.1, 0.15) is 32.1 Å². The summed E-state index contributed by atoms with van der Waals surface area (Å²) in [6, 6.07) is 7.91. The first-order valence-corrected chi connectivity index (χ1v) is 13.4. The fourth-order valence-corrected chi connectivity index (χ4v) is 5.94. The molecule has 0 aliphatic carbocycles. The molecule has 35 heavy (non-hydrogen) atoms. The number of likely N-dealkylation sites (tertiary alicyclic amines) is 2. The molecule has 5 rings (SSSR count). The number of benzene rings is 1. The van der Waals surface area contributed by atoms with Crippen LogP contribution >= 0.6 is 11.6 Å². The minimum absolute atomic E-state index is 0.0557. The molecular weight excluding hydrogens is 464 g/mol. The molecule has 3 aliphatic heterocycles. The summed E-state index contributed by atoms with van der Waals surface area (Å²) in [5.74, 6) is 2.18. The molecule has 9 heteroatoms. The van der Waals surface area contributed by atoms with Crippen LogP contribution in [0, 0.1) is 17.8 Å². The number of hydrogen-bond donors (Lipinski definition) is 1. The smallest absolute Gasteiger partial charge is 0.324 e. The van der Waals surface area contributed by atoms with Gasteiger partial charge in [-0.2, -0.15) is 4.98 Å². The maximum Gasteiger partial charge on any atom is 0.324 e. The van der Waals surface area contributed by atoms with Crippen LogP contribution in [0.15, 0.2) is 28.8 Å². The normalized spacial score (nSPS) is 24.7. The second-order valence-electron chi connectivity index (χ2n) is 10.6. The molecule has 0 radical (unpaired) electrons. The largest absolute Gasteiger partial charge is 0.356 e. The first-order valence-electron chi connectivity index (χ1n) is 13.1. The Labute approximate surface area is 213 Å². The molecule has 2 aromatic rings. The first kappa shape index (κ1) is 24.5. The summed E-state index contributed by atoms with van der Waals surface area (Å²) in [7, 11) is 2.24. The zero-order valence-corrected chi connectivity index (χ0v) is 21.4. The molecule has 3 aliphatic rings. The Hall–Kier alpha value is -2.16. The lowest BCUT2D eigenvalue weighted by molar-refractivity contribution is -0.125. The van der Waals surface area contributed by atoms with Crippen LogP contribution in [0.25, 0.3) is 11.4 Å². The lowest BCUT2D eigenvalue weighted by Gasteiger charge is -2.32. The number of carbonyl (C=O) groups excluding carboxylic acids is 1. The standard InChI is InChI=1S/C26H37ClN6O2/c1-31-11-2-3-20(16-31)18-32-12-8-19(17-32)15-28-25(34)22-9-13-33(14-10-22)26-29-24(30-35-26)21-4-6-23(27)7-5-21/h4-7,19-20,22H,2-3,8-18H2,1H3,(H,28,34)/t19-,20+/m0/s1. The van der Waals surface area contributed by atoms with Crippen LogP contribution in [-0.4, -0.2) is 85.3 Å². The zero-order chi connectivity index (χ0) is 24.2. The predicted octanol–water partition coefficient (Wildman–Crippen LogP) is 3.39. The number of rotatable bonds is 7. The summed E-state index contributed by atoms with van der Waals surface area (Å²) >= 11 is 5.96. The van der Waals surface area contributed by atoms with Crippen molar-refractivity contribution in [2.75, 3.05) is 64.3 Å². The number of amides is 1. The molecule has 4 heterocycles. The van der Waals surface area contributed by atoms with Gasteiger partial charge in [-0.3, -0.25) is 4.79 Å². The zero-order valence-electron chi connectivity index (χ0n) is 20.7. The Bertz CT molecular complexity index is 974. The average molecular weight is 501 g/mol. The van der Waals surface area contributed by atoms with Gasteiger partial charge >= 0.3 is 6.01 Å². The van der Waals surface area contributed by atoms with Crippen molar-refractivity contribution >= 4 is 23.5 Å². The third-order valence-electron chi connectivity index (χ3n) is 7.83. The van der Waals surface area contributed by atoms with Gasteiger partial charge in [-0.25, -0.2) is 0 Å². The highest BCUT2D eigenvalue weighted by atomic mass is 35.5. The summed E-state index contributed by atoms with van der Waals surface area (Å²) in [6.45, 7) is 8.25. The number of nitrogens with zero attached hydrogens (tertiary/aromatic N) is 5. The van der Waals surface area contributed by atoms with Crippen molar-refractivity contribution in [2.24, 2.45) is 17.8 Å². The molecule has 0 saturated carbocycles. The van der Waals surface area contributed by atoms with Gasteiger partial charge in [-0.15, -0.1) is 0 Å². The predicted molar refractivity (Wildman–Crippen MR) is 137 cm³/mol. The third kappa shape index (κ3) is 6.35. The molecule has 3 saturated heterocycles. The number of anilines is 1. The molecule has 1 amide bonds. The van der Waals surface area contributed by atoms with E-state index in [-0.39, 0.29) is 11.8 Å². The summed E-state index contributed by atoms with van der Waals surface area (Å²) in [4.78, 5) is 24.5. The lowest BCUT2D eigenvalue weighted by atomic mass is 9.96. The van der Waals surface area contributed by atoms with Crippen molar-refractivity contribution in [3.63, 3.8) is 0 Å². The number of piperidine rings is 2. The van der Waals surface area contributed by atoms with E-state index in [0.29, 0.717) is 22.8 Å². The molecule has 0 bridgehead atoms. The minimum Gasteiger partial charge on any atom is -0.356 e. The van der Waals surface area contributed by atoms with Crippen molar-refractivity contribution in [1.29, 1.82) is 0 Å². The van der Waals surface area contributed by atoms with Crippen molar-refractivity contribution in [2.45, 2.75) is 32.1 Å². The number of nitrogens with one attached hydrogen (secondary N) is 1. The van der Waals surface area contributed by atoms with Gasteiger partial charge in [-0.05, 0) is 88.3 Å².